The van der Waals surface area contributed by atoms with E-state index in [1.54, 1.807) is 0 Å². The molecule has 0 saturated carbocycles. The fraction of sp³-hybridized carbons (Fsp3) is 0.939. The van der Waals surface area contributed by atoms with Crippen molar-refractivity contribution in [3.63, 3.8) is 0 Å². The molecule has 0 aliphatic carbocycles. The van der Waals surface area contributed by atoms with Gasteiger partial charge in [0.25, 0.3) is 0 Å². The second-order valence-corrected chi connectivity index (χ2v) is 14.7. The van der Waals surface area contributed by atoms with Crippen molar-refractivity contribution >= 4 is 27.6 Å². The van der Waals surface area contributed by atoms with Gasteiger partial charge in [0.15, 0.2) is 6.10 Å². The monoisotopic (exact) mass is 733 g/mol. The normalized spacial score (nSPS) is 12.3. The minimum absolute atomic E-state index is 0.107. The minimum atomic E-state index is -4.73. The van der Waals surface area contributed by atoms with Crippen molar-refractivity contribution in [2.24, 2.45) is 5.73 Å². The Bertz CT molecular complexity index is 837. The van der Waals surface area contributed by atoms with E-state index in [9.17, 15) is 18.7 Å². The minimum Gasteiger partial charge on any atom is -0.462 e. The number of hydrogen-bond acceptors (Lipinski definition) is 9. The number of carbonyl (C=O) groups is 2. The van der Waals surface area contributed by atoms with E-state index in [1.807, 2.05) is 0 Å². The Labute approximate surface area is 290 Å². The molecule has 288 valence electrons. The predicted molar refractivity (Wildman–Crippen MR) is 188 cm³/mol. The van der Waals surface area contributed by atoms with Gasteiger partial charge in [-0.15, -0.1) is 0 Å². The van der Waals surface area contributed by atoms with Crippen LogP contribution in [0, 0.1) is 0 Å². The van der Waals surface area contributed by atoms with Crippen LogP contribution in [0.5, 0.6) is 0 Å². The van der Waals surface area contributed by atoms with E-state index in [-0.39, 0.29) is 32.6 Å². The van der Waals surface area contributed by atoms with Gasteiger partial charge in [0.05, 0.1) is 13.2 Å². The molecular weight excluding hydrogens is 664 g/mol. The smallest absolute Gasteiger partial charge is 0.462 e. The molecule has 0 aliphatic heterocycles. The first-order valence-electron chi connectivity index (χ1n) is 18.3. The Morgan fingerprint density at radius 1 is 0.542 bits per heavy atom. The largest absolute Gasteiger partial charge is 0.469 e. The summed E-state index contributed by atoms with van der Waals surface area (Å²) in [5.41, 5.74) is 4.87. The molecule has 0 unspecified atom stereocenters. The van der Waals surface area contributed by atoms with E-state index in [0.717, 1.165) is 38.5 Å². The number of esters is 2. The highest BCUT2D eigenvalue weighted by atomic mass is 31.2. The van der Waals surface area contributed by atoms with E-state index < -0.39 is 40.3 Å². The first kappa shape index (κ1) is 49.2. The molecule has 0 spiro atoms. The standard InChI is InChI=1S/C31H61O8P.C2H8NO4P/c1-3-5-7-9-11-13-15-17-19-21-23-25-30(32)37-27-29(28-38-40(34,35)36)39-31(33)26-24-22-20-18-16-14-12-10-8-6-4-2;3-1-2-7-8(4,5)6/h29H,3-28H2,1-2H3,(H2,34,35,36);1-3H2,(H2,4,5,6)/t29-;/m1./s1. The topological polar surface area (TPSA) is 212 Å². The zero-order chi connectivity index (χ0) is 36.4. The molecule has 1 atom stereocenters. The molecule has 0 rings (SSSR count). The van der Waals surface area contributed by atoms with Crippen molar-refractivity contribution < 1.29 is 56.8 Å². The summed E-state index contributed by atoms with van der Waals surface area (Å²) < 4.78 is 39.9. The average Bonchev–Trinajstić information content (AvgIpc) is 3.02. The van der Waals surface area contributed by atoms with Gasteiger partial charge in [-0.3, -0.25) is 18.6 Å². The van der Waals surface area contributed by atoms with Crippen LogP contribution in [0.25, 0.3) is 0 Å². The second-order valence-electron chi connectivity index (χ2n) is 12.3. The molecule has 0 bridgehead atoms. The summed E-state index contributed by atoms with van der Waals surface area (Å²) in [5.74, 6) is -0.879. The SMILES string of the molecule is CCCCCCCCCCCCCC(=O)OC[C@H](COP(=O)(O)O)OC(=O)CCCCCCCCCCCCC.NCCOP(=O)(O)O. The van der Waals surface area contributed by atoms with Crippen molar-refractivity contribution in [3.05, 3.63) is 0 Å². The molecule has 0 aromatic rings. The molecule has 6 N–H and O–H groups in total. The van der Waals surface area contributed by atoms with Gasteiger partial charge in [0, 0.05) is 19.4 Å². The molecule has 15 heteroatoms. The Hall–Kier alpha value is -0.880. The van der Waals surface area contributed by atoms with Crippen molar-refractivity contribution in [2.45, 2.75) is 174 Å². The first-order chi connectivity index (χ1) is 22.8. The van der Waals surface area contributed by atoms with E-state index in [1.165, 1.54) is 96.3 Å². The Kier molecular flexibility index (Phi) is 35.5. The lowest BCUT2D eigenvalue weighted by Gasteiger charge is -2.18. The van der Waals surface area contributed by atoms with Gasteiger partial charge in [-0.2, -0.15) is 0 Å². The molecule has 0 heterocycles. The Morgan fingerprint density at radius 3 is 1.23 bits per heavy atom. The van der Waals surface area contributed by atoms with Crippen molar-refractivity contribution in [2.75, 3.05) is 26.4 Å². The van der Waals surface area contributed by atoms with Crippen molar-refractivity contribution in [1.82, 2.24) is 0 Å². The number of unbranched alkanes of at least 4 members (excludes halogenated alkanes) is 20. The summed E-state index contributed by atoms with van der Waals surface area (Å²) in [4.78, 5) is 58.3. The summed E-state index contributed by atoms with van der Waals surface area (Å²) in [6.07, 6.45) is 25.4. The fourth-order valence-electron chi connectivity index (χ4n) is 4.84. The quantitative estimate of drug-likeness (QED) is 0.0246. The van der Waals surface area contributed by atoms with E-state index in [0.29, 0.717) is 6.42 Å². The maximum absolute atomic E-state index is 12.3. The predicted octanol–water partition coefficient (Wildman–Crippen LogP) is 8.01. The summed E-state index contributed by atoms with van der Waals surface area (Å²) in [7, 11) is -8.99. The maximum Gasteiger partial charge on any atom is 0.469 e. The summed E-state index contributed by atoms with van der Waals surface area (Å²) >= 11 is 0. The van der Waals surface area contributed by atoms with Crippen LogP contribution in [-0.4, -0.2) is 64.0 Å². The lowest BCUT2D eigenvalue weighted by Crippen LogP contribution is -2.29. The van der Waals surface area contributed by atoms with Gasteiger partial charge in [0.2, 0.25) is 0 Å². The van der Waals surface area contributed by atoms with Gasteiger partial charge in [-0.25, -0.2) is 9.13 Å². The first-order valence-corrected chi connectivity index (χ1v) is 21.4. The average molecular weight is 734 g/mol. The molecule has 0 aromatic carbocycles. The summed E-state index contributed by atoms with van der Waals surface area (Å²) in [5, 5.41) is 0. The lowest BCUT2D eigenvalue weighted by molar-refractivity contribution is -0.161. The highest BCUT2D eigenvalue weighted by Gasteiger charge is 2.23. The number of rotatable bonds is 33. The van der Waals surface area contributed by atoms with Crippen LogP contribution < -0.4 is 5.73 Å². The second kappa shape index (κ2) is 34.6. The molecule has 0 radical (unpaired) electrons. The van der Waals surface area contributed by atoms with Gasteiger partial charge in [-0.1, -0.05) is 142 Å². The molecular formula is C33H69NO12P2. The van der Waals surface area contributed by atoms with Gasteiger partial charge >= 0.3 is 27.6 Å². The lowest BCUT2D eigenvalue weighted by atomic mass is 10.1. The Balaban J connectivity index is 0. The number of carbonyl (C=O) groups excluding carboxylic acids is 2. The zero-order valence-corrected chi connectivity index (χ0v) is 31.7. The van der Waals surface area contributed by atoms with Gasteiger partial charge < -0.3 is 34.8 Å². The highest BCUT2D eigenvalue weighted by Crippen LogP contribution is 2.36. The third kappa shape index (κ3) is 43.1. The van der Waals surface area contributed by atoms with Crippen molar-refractivity contribution in [1.29, 1.82) is 0 Å². The highest BCUT2D eigenvalue weighted by molar-refractivity contribution is 7.46. The number of phosphoric ester groups is 2. The van der Waals surface area contributed by atoms with Gasteiger partial charge in [0.1, 0.15) is 6.61 Å². The van der Waals surface area contributed by atoms with E-state index in [4.69, 9.17) is 34.8 Å². The number of nitrogens with two attached hydrogens (primary N) is 1. The molecule has 13 nitrogen and oxygen atoms in total. The summed E-state index contributed by atoms with van der Waals surface area (Å²) in [6, 6.07) is 0. The fourth-order valence-corrected chi connectivity index (χ4v) is 5.54. The Morgan fingerprint density at radius 2 is 0.896 bits per heavy atom. The number of ether oxygens (including phenoxy) is 2. The van der Waals surface area contributed by atoms with E-state index in [2.05, 4.69) is 22.9 Å². The zero-order valence-electron chi connectivity index (χ0n) is 29.9. The molecule has 0 saturated heterocycles. The van der Waals surface area contributed by atoms with E-state index >= 15 is 0 Å². The van der Waals surface area contributed by atoms with Crippen LogP contribution in [0.15, 0.2) is 0 Å². The van der Waals surface area contributed by atoms with Crippen LogP contribution in [0.2, 0.25) is 0 Å². The van der Waals surface area contributed by atoms with Crippen LogP contribution in [0.4, 0.5) is 0 Å². The van der Waals surface area contributed by atoms with Crippen LogP contribution >= 0.6 is 15.6 Å². The van der Waals surface area contributed by atoms with Gasteiger partial charge in [-0.05, 0) is 12.8 Å². The number of hydrogen-bond donors (Lipinski definition) is 5. The van der Waals surface area contributed by atoms with Crippen LogP contribution in [0.1, 0.15) is 168 Å². The van der Waals surface area contributed by atoms with Crippen LogP contribution in [0.3, 0.4) is 0 Å². The molecule has 0 amide bonds. The summed E-state index contributed by atoms with van der Waals surface area (Å²) in [6.45, 7) is 3.66. The van der Waals surface area contributed by atoms with Crippen LogP contribution in [-0.2, 0) is 37.2 Å². The number of phosphoric acid groups is 2. The molecule has 0 fully saturated rings. The van der Waals surface area contributed by atoms with Crippen molar-refractivity contribution in [3.8, 4) is 0 Å². The maximum atomic E-state index is 12.3. The third-order valence-corrected chi connectivity index (χ3v) is 8.51. The third-order valence-electron chi connectivity index (χ3n) is 7.50. The molecule has 48 heavy (non-hydrogen) atoms. The molecule has 0 aromatic heterocycles. The molecule has 0 aliphatic rings.